The number of carbonyl (C=O) groups excluding carboxylic acids is 2. The highest BCUT2D eigenvalue weighted by Crippen LogP contribution is 2.33. The minimum Gasteiger partial charge on any atom is -0.300 e. The molecule has 2 heteroatoms. The number of rotatable bonds is 10. The van der Waals surface area contributed by atoms with Crippen molar-refractivity contribution < 1.29 is 9.59 Å². The third kappa shape index (κ3) is 5.77. The molecular formula is C26H34O2. The van der Waals surface area contributed by atoms with Crippen molar-refractivity contribution in [1.82, 2.24) is 0 Å². The molecule has 1 aliphatic carbocycles. The second-order valence-electron chi connectivity index (χ2n) is 8.61. The molecule has 1 aliphatic rings. The quantitative estimate of drug-likeness (QED) is 0.325. The third-order valence-corrected chi connectivity index (χ3v) is 6.52. The maximum atomic E-state index is 12.6. The SMILES string of the molecule is CC1CCCCC1CCCCC(=O)CCCC(=O)c1cccc2ccccc12. The van der Waals surface area contributed by atoms with Gasteiger partial charge in [0, 0.05) is 24.8 Å². The second kappa shape index (κ2) is 10.5. The van der Waals surface area contributed by atoms with E-state index in [1.807, 2.05) is 42.5 Å². The molecule has 3 rings (SSSR count). The van der Waals surface area contributed by atoms with Gasteiger partial charge in [-0.1, -0.05) is 87.9 Å². The fourth-order valence-electron chi connectivity index (χ4n) is 4.72. The Morgan fingerprint density at radius 1 is 0.857 bits per heavy atom. The Morgan fingerprint density at radius 2 is 1.61 bits per heavy atom. The Balaban J connectivity index is 1.35. The van der Waals surface area contributed by atoms with Crippen molar-refractivity contribution in [1.29, 1.82) is 0 Å². The molecule has 2 aromatic carbocycles. The number of hydrogen-bond donors (Lipinski definition) is 0. The number of hydrogen-bond acceptors (Lipinski definition) is 2. The van der Waals surface area contributed by atoms with Crippen molar-refractivity contribution in [2.75, 3.05) is 0 Å². The summed E-state index contributed by atoms with van der Waals surface area (Å²) < 4.78 is 0. The molecule has 150 valence electrons. The fourth-order valence-corrected chi connectivity index (χ4v) is 4.72. The molecule has 2 aromatic rings. The Bertz CT molecular complexity index is 787. The van der Waals surface area contributed by atoms with E-state index in [-0.39, 0.29) is 5.78 Å². The summed E-state index contributed by atoms with van der Waals surface area (Å²) in [6.45, 7) is 2.39. The monoisotopic (exact) mass is 378 g/mol. The largest absolute Gasteiger partial charge is 0.300 e. The first-order chi connectivity index (χ1) is 13.6. The van der Waals surface area contributed by atoms with E-state index in [1.54, 1.807) is 0 Å². The molecule has 0 aromatic heterocycles. The van der Waals surface area contributed by atoms with Crippen molar-refractivity contribution in [3.8, 4) is 0 Å². The molecule has 0 amide bonds. The Morgan fingerprint density at radius 3 is 2.46 bits per heavy atom. The molecule has 2 atom stereocenters. The van der Waals surface area contributed by atoms with Crippen LogP contribution in [0.15, 0.2) is 42.5 Å². The van der Waals surface area contributed by atoms with Crippen LogP contribution in [0.2, 0.25) is 0 Å². The molecule has 0 heterocycles. The predicted octanol–water partition coefficient (Wildman–Crippen LogP) is 7.15. The van der Waals surface area contributed by atoms with E-state index >= 15 is 0 Å². The zero-order valence-electron chi connectivity index (χ0n) is 17.3. The fraction of sp³-hybridized carbons (Fsp3) is 0.538. The summed E-state index contributed by atoms with van der Waals surface area (Å²) in [5.41, 5.74) is 0.784. The lowest BCUT2D eigenvalue weighted by Gasteiger charge is -2.28. The highest BCUT2D eigenvalue weighted by Gasteiger charge is 2.20. The first kappa shape index (κ1) is 20.8. The molecule has 2 nitrogen and oxygen atoms in total. The van der Waals surface area contributed by atoms with Gasteiger partial charge in [0.2, 0.25) is 0 Å². The molecule has 0 spiro atoms. The van der Waals surface area contributed by atoms with Crippen molar-refractivity contribution in [3.05, 3.63) is 48.0 Å². The molecule has 28 heavy (non-hydrogen) atoms. The van der Waals surface area contributed by atoms with Crippen LogP contribution in [0.5, 0.6) is 0 Å². The first-order valence-electron chi connectivity index (χ1n) is 11.2. The van der Waals surface area contributed by atoms with E-state index in [1.165, 1.54) is 38.5 Å². The standard InChI is InChI=1S/C26H34O2/c1-20-10-2-3-11-21(20)12-4-6-15-23(27)16-9-19-26(28)25-18-8-14-22-13-5-7-17-24(22)25/h5,7-8,13-14,17-18,20-21H,2-4,6,9-12,15-16,19H2,1H3. The Hall–Kier alpha value is -1.96. The van der Waals surface area contributed by atoms with E-state index in [9.17, 15) is 9.59 Å². The zero-order chi connectivity index (χ0) is 19.8. The molecule has 2 unspecified atom stereocenters. The van der Waals surface area contributed by atoms with Crippen LogP contribution >= 0.6 is 0 Å². The van der Waals surface area contributed by atoms with Gasteiger partial charge in [0.1, 0.15) is 5.78 Å². The number of benzene rings is 2. The molecule has 0 bridgehead atoms. The number of Topliss-reactive ketones (excluding diaryl/α,β-unsaturated/α-hetero) is 2. The van der Waals surface area contributed by atoms with Crippen LogP contribution in [0, 0.1) is 11.8 Å². The van der Waals surface area contributed by atoms with Gasteiger partial charge in [-0.2, -0.15) is 0 Å². The summed E-state index contributed by atoms with van der Waals surface area (Å²) in [4.78, 5) is 24.8. The van der Waals surface area contributed by atoms with Gasteiger partial charge in [-0.3, -0.25) is 9.59 Å². The molecule has 1 fully saturated rings. The maximum absolute atomic E-state index is 12.6. The van der Waals surface area contributed by atoms with Crippen LogP contribution < -0.4 is 0 Å². The minimum absolute atomic E-state index is 0.149. The highest BCUT2D eigenvalue weighted by atomic mass is 16.1. The number of ketones is 2. The first-order valence-corrected chi connectivity index (χ1v) is 11.2. The van der Waals surface area contributed by atoms with Crippen LogP contribution in [0.1, 0.15) is 87.9 Å². The van der Waals surface area contributed by atoms with Crippen LogP contribution in [-0.2, 0) is 4.79 Å². The van der Waals surface area contributed by atoms with Crippen LogP contribution in [0.25, 0.3) is 10.8 Å². The number of carbonyl (C=O) groups is 2. The van der Waals surface area contributed by atoms with Gasteiger partial charge in [0.05, 0.1) is 0 Å². The Labute approximate surface area is 169 Å². The normalized spacial score (nSPS) is 19.6. The summed E-state index contributed by atoms with van der Waals surface area (Å²) in [5.74, 6) is 2.21. The van der Waals surface area contributed by atoms with Gasteiger partial charge in [0.25, 0.3) is 0 Å². The lowest BCUT2D eigenvalue weighted by atomic mass is 9.78. The van der Waals surface area contributed by atoms with E-state index in [2.05, 4.69) is 6.92 Å². The van der Waals surface area contributed by atoms with Crippen LogP contribution in [0.3, 0.4) is 0 Å². The van der Waals surface area contributed by atoms with Gasteiger partial charge in [-0.15, -0.1) is 0 Å². The van der Waals surface area contributed by atoms with Gasteiger partial charge in [-0.05, 0) is 35.4 Å². The molecule has 1 saturated carbocycles. The van der Waals surface area contributed by atoms with Gasteiger partial charge in [-0.25, -0.2) is 0 Å². The van der Waals surface area contributed by atoms with Gasteiger partial charge < -0.3 is 0 Å². The number of fused-ring (bicyclic) bond motifs is 1. The maximum Gasteiger partial charge on any atom is 0.163 e. The smallest absolute Gasteiger partial charge is 0.163 e. The lowest BCUT2D eigenvalue weighted by molar-refractivity contribution is -0.119. The molecule has 0 aliphatic heterocycles. The summed E-state index contributed by atoms with van der Waals surface area (Å²) in [5, 5.41) is 2.11. The predicted molar refractivity (Wildman–Crippen MR) is 117 cm³/mol. The summed E-state index contributed by atoms with van der Waals surface area (Å²) >= 11 is 0. The van der Waals surface area contributed by atoms with Crippen molar-refractivity contribution in [2.45, 2.75) is 77.6 Å². The summed E-state index contributed by atoms with van der Waals surface area (Å²) in [6, 6.07) is 13.9. The highest BCUT2D eigenvalue weighted by molar-refractivity contribution is 6.08. The van der Waals surface area contributed by atoms with Crippen LogP contribution in [-0.4, -0.2) is 11.6 Å². The van der Waals surface area contributed by atoms with E-state index in [0.29, 0.717) is 31.5 Å². The molecule has 0 N–H and O–H groups in total. The lowest BCUT2D eigenvalue weighted by Crippen LogP contribution is -2.16. The van der Waals surface area contributed by atoms with Gasteiger partial charge >= 0.3 is 0 Å². The topological polar surface area (TPSA) is 34.1 Å². The van der Waals surface area contributed by atoms with Crippen molar-refractivity contribution in [2.24, 2.45) is 11.8 Å². The van der Waals surface area contributed by atoms with Gasteiger partial charge in [0.15, 0.2) is 5.78 Å². The molecular weight excluding hydrogens is 344 g/mol. The second-order valence-corrected chi connectivity index (χ2v) is 8.61. The van der Waals surface area contributed by atoms with Crippen LogP contribution in [0.4, 0.5) is 0 Å². The third-order valence-electron chi connectivity index (χ3n) is 6.52. The minimum atomic E-state index is 0.149. The zero-order valence-corrected chi connectivity index (χ0v) is 17.3. The van der Waals surface area contributed by atoms with Crippen molar-refractivity contribution in [3.63, 3.8) is 0 Å². The average molecular weight is 379 g/mol. The summed E-state index contributed by atoms with van der Waals surface area (Å²) in [7, 11) is 0. The average Bonchev–Trinajstić information content (AvgIpc) is 2.72. The van der Waals surface area contributed by atoms with E-state index in [0.717, 1.165) is 34.6 Å². The molecule has 0 saturated heterocycles. The van der Waals surface area contributed by atoms with E-state index < -0.39 is 0 Å². The van der Waals surface area contributed by atoms with Crippen molar-refractivity contribution >= 4 is 22.3 Å². The summed E-state index contributed by atoms with van der Waals surface area (Å²) in [6.07, 6.45) is 11.4. The Kier molecular flexibility index (Phi) is 7.82. The number of unbranched alkanes of at least 4 members (excludes halogenated alkanes) is 1. The van der Waals surface area contributed by atoms with E-state index in [4.69, 9.17) is 0 Å². The molecule has 0 radical (unpaired) electrons.